The largest absolute Gasteiger partial charge is 0.103 e. The van der Waals surface area contributed by atoms with E-state index in [4.69, 9.17) is 0 Å². The molecule has 9 heavy (non-hydrogen) atoms. The molecule has 0 nitrogen and oxygen atoms in total. The van der Waals surface area contributed by atoms with Crippen molar-refractivity contribution in [3.8, 4) is 0 Å². The minimum Gasteiger partial charge on any atom is -0.103 e. The van der Waals surface area contributed by atoms with E-state index in [0.717, 1.165) is 19.3 Å². The van der Waals surface area contributed by atoms with Crippen LogP contribution in [0.4, 0.5) is 0 Å². The predicted molar refractivity (Wildman–Crippen MR) is 43.2 cm³/mol. The van der Waals surface area contributed by atoms with Gasteiger partial charge in [0.2, 0.25) is 0 Å². The summed E-state index contributed by atoms with van der Waals surface area (Å²) in [6, 6.07) is 0. The molecule has 0 N–H and O–H groups in total. The molecule has 0 saturated heterocycles. The van der Waals surface area contributed by atoms with Crippen molar-refractivity contribution in [1.82, 2.24) is 0 Å². The van der Waals surface area contributed by atoms with Crippen LogP contribution in [-0.4, -0.2) is 0 Å². The van der Waals surface area contributed by atoms with Gasteiger partial charge in [-0.2, -0.15) is 0 Å². The second kappa shape index (κ2) is 7.48. The lowest BCUT2D eigenvalue weighted by Gasteiger charge is -1.86. The van der Waals surface area contributed by atoms with Gasteiger partial charge in [-0.3, -0.25) is 0 Å². The second-order valence-corrected chi connectivity index (χ2v) is 1.93. The van der Waals surface area contributed by atoms with Gasteiger partial charge >= 0.3 is 0 Å². The Balaban J connectivity index is 2.90. The highest BCUT2D eigenvalue weighted by atomic mass is 13.8. The maximum Gasteiger partial charge on any atom is -0.0170 e. The number of allylic oxidation sites excluding steroid dienone is 3. The lowest BCUT2D eigenvalue weighted by atomic mass is 10.2. The maximum absolute atomic E-state index is 3.60. The van der Waals surface area contributed by atoms with E-state index in [1.807, 2.05) is 6.08 Å². The van der Waals surface area contributed by atoms with Crippen LogP contribution in [0.25, 0.3) is 0 Å². The zero-order valence-electron chi connectivity index (χ0n) is 6.14. The van der Waals surface area contributed by atoms with E-state index in [9.17, 15) is 0 Å². The third-order valence-corrected chi connectivity index (χ3v) is 1.07. The number of hydrogen-bond donors (Lipinski definition) is 0. The zero-order chi connectivity index (χ0) is 6.95. The van der Waals surface area contributed by atoms with E-state index in [-0.39, 0.29) is 0 Å². The first kappa shape index (κ1) is 8.48. The molecule has 0 atom stereocenters. The molecule has 0 bridgehead atoms. The average Bonchev–Trinajstić information content (AvgIpc) is 1.89. The van der Waals surface area contributed by atoms with E-state index < -0.39 is 0 Å². The highest BCUT2D eigenvalue weighted by Gasteiger charge is 1.77. The quantitative estimate of drug-likeness (QED) is 0.389. The molecule has 0 amide bonds. The summed E-state index contributed by atoms with van der Waals surface area (Å²) < 4.78 is 0. The fourth-order valence-corrected chi connectivity index (χ4v) is 0.595. The van der Waals surface area contributed by atoms with Gasteiger partial charge in [0.05, 0.1) is 0 Å². The molecule has 51 valence electrons. The Morgan fingerprint density at radius 3 is 2.56 bits per heavy atom. The van der Waals surface area contributed by atoms with Gasteiger partial charge in [0, 0.05) is 0 Å². The van der Waals surface area contributed by atoms with Crippen molar-refractivity contribution < 1.29 is 0 Å². The van der Waals surface area contributed by atoms with E-state index >= 15 is 0 Å². The molecule has 0 aromatic rings. The SMILES string of the molecule is C=C[CH]CCC=CCC. The van der Waals surface area contributed by atoms with E-state index in [2.05, 4.69) is 32.1 Å². The molecule has 0 fully saturated rings. The number of hydrogen-bond acceptors (Lipinski definition) is 0. The van der Waals surface area contributed by atoms with Gasteiger partial charge in [0.25, 0.3) is 0 Å². The minimum atomic E-state index is 1.12. The van der Waals surface area contributed by atoms with Gasteiger partial charge in [0.1, 0.15) is 0 Å². The minimum absolute atomic E-state index is 1.12. The van der Waals surface area contributed by atoms with E-state index in [1.54, 1.807) is 0 Å². The molecule has 0 saturated carbocycles. The predicted octanol–water partition coefficient (Wildman–Crippen LogP) is 3.12. The smallest absolute Gasteiger partial charge is 0.0170 e. The van der Waals surface area contributed by atoms with Gasteiger partial charge in [-0.1, -0.05) is 25.2 Å². The van der Waals surface area contributed by atoms with Gasteiger partial charge in [-0.05, 0) is 25.7 Å². The third kappa shape index (κ3) is 7.48. The highest BCUT2D eigenvalue weighted by molar-refractivity contribution is 4.90. The second-order valence-electron chi connectivity index (χ2n) is 1.93. The van der Waals surface area contributed by atoms with Gasteiger partial charge in [-0.15, -0.1) is 6.58 Å². The van der Waals surface area contributed by atoms with Crippen molar-refractivity contribution in [3.05, 3.63) is 31.2 Å². The van der Waals surface area contributed by atoms with Crippen molar-refractivity contribution in [2.75, 3.05) is 0 Å². The Bertz CT molecular complexity index is 80.0. The molecule has 0 aliphatic heterocycles. The molecule has 0 aromatic carbocycles. The molecule has 0 unspecified atom stereocenters. The Kier molecular flexibility index (Phi) is 7.05. The molecule has 0 rings (SSSR count). The molecular formula is C9H15. The van der Waals surface area contributed by atoms with E-state index in [1.165, 1.54) is 0 Å². The lowest BCUT2D eigenvalue weighted by molar-refractivity contribution is 0.995. The van der Waals surface area contributed by atoms with Crippen molar-refractivity contribution in [2.24, 2.45) is 0 Å². The first-order chi connectivity index (χ1) is 4.41. The summed E-state index contributed by atoms with van der Waals surface area (Å²) in [6.45, 7) is 5.75. The van der Waals surface area contributed by atoms with Crippen LogP contribution in [0.15, 0.2) is 24.8 Å². The molecule has 0 heteroatoms. The number of rotatable bonds is 5. The van der Waals surface area contributed by atoms with Crippen LogP contribution in [0.3, 0.4) is 0 Å². The molecule has 0 aliphatic carbocycles. The first-order valence-electron chi connectivity index (χ1n) is 3.51. The maximum atomic E-state index is 3.60. The zero-order valence-corrected chi connectivity index (χ0v) is 6.14. The van der Waals surface area contributed by atoms with Crippen molar-refractivity contribution in [3.63, 3.8) is 0 Å². The Morgan fingerprint density at radius 2 is 2.00 bits per heavy atom. The third-order valence-electron chi connectivity index (χ3n) is 1.07. The normalized spacial score (nSPS) is 10.3. The average molecular weight is 123 g/mol. The summed E-state index contributed by atoms with van der Waals surface area (Å²) in [4.78, 5) is 0. The molecule has 0 aromatic heterocycles. The molecule has 0 heterocycles. The first-order valence-corrected chi connectivity index (χ1v) is 3.51. The summed E-state index contributed by atoms with van der Waals surface area (Å²) in [5.74, 6) is 0. The van der Waals surface area contributed by atoms with Crippen LogP contribution in [0.2, 0.25) is 0 Å². The fourth-order valence-electron chi connectivity index (χ4n) is 0.595. The van der Waals surface area contributed by atoms with Crippen LogP contribution in [0.1, 0.15) is 26.2 Å². The monoisotopic (exact) mass is 123 g/mol. The van der Waals surface area contributed by atoms with Crippen LogP contribution in [0.5, 0.6) is 0 Å². The summed E-state index contributed by atoms with van der Waals surface area (Å²) in [6.07, 6.45) is 11.8. The molecular weight excluding hydrogens is 108 g/mol. The Morgan fingerprint density at radius 1 is 1.22 bits per heavy atom. The van der Waals surface area contributed by atoms with Crippen molar-refractivity contribution >= 4 is 0 Å². The van der Waals surface area contributed by atoms with Crippen LogP contribution >= 0.6 is 0 Å². The van der Waals surface area contributed by atoms with Gasteiger partial charge in [-0.25, -0.2) is 0 Å². The Labute approximate surface area is 58.3 Å². The van der Waals surface area contributed by atoms with Gasteiger partial charge < -0.3 is 0 Å². The summed E-state index contributed by atoms with van der Waals surface area (Å²) in [5, 5.41) is 0. The Hall–Kier alpha value is -0.520. The fraction of sp³-hybridized carbons (Fsp3) is 0.444. The van der Waals surface area contributed by atoms with Crippen LogP contribution < -0.4 is 0 Å². The molecule has 0 aliphatic rings. The van der Waals surface area contributed by atoms with Gasteiger partial charge in [0.15, 0.2) is 0 Å². The lowest BCUT2D eigenvalue weighted by Crippen LogP contribution is -1.68. The molecule has 0 spiro atoms. The van der Waals surface area contributed by atoms with Crippen molar-refractivity contribution in [2.45, 2.75) is 26.2 Å². The van der Waals surface area contributed by atoms with E-state index in [0.29, 0.717) is 0 Å². The number of unbranched alkanes of at least 4 members (excludes halogenated alkanes) is 2. The molecule has 1 radical (unpaired) electrons. The summed E-state index contributed by atoms with van der Waals surface area (Å²) >= 11 is 0. The standard InChI is InChI=1S/C9H15/c1-3-5-7-9-8-6-4-2/h3,5-6,8H,1,4,7,9H2,2H3. The topological polar surface area (TPSA) is 0 Å². The van der Waals surface area contributed by atoms with Crippen LogP contribution in [-0.2, 0) is 0 Å². The van der Waals surface area contributed by atoms with Crippen molar-refractivity contribution in [1.29, 1.82) is 0 Å². The van der Waals surface area contributed by atoms with Crippen LogP contribution in [0, 0.1) is 6.42 Å². The highest BCUT2D eigenvalue weighted by Crippen LogP contribution is 1.95. The summed E-state index contributed by atoms with van der Waals surface area (Å²) in [5.41, 5.74) is 0. The summed E-state index contributed by atoms with van der Waals surface area (Å²) in [7, 11) is 0.